The first-order valence-corrected chi connectivity index (χ1v) is 4.67. The Morgan fingerprint density at radius 2 is 2.00 bits per heavy atom. The zero-order valence-corrected chi connectivity index (χ0v) is 8.60. The van der Waals surface area contributed by atoms with E-state index in [1.165, 1.54) is 0 Å². The van der Waals surface area contributed by atoms with E-state index >= 15 is 0 Å². The lowest BCUT2D eigenvalue weighted by Gasteiger charge is -2.22. The molecule has 0 fully saturated rings. The van der Waals surface area contributed by atoms with Crippen LogP contribution < -0.4 is 4.90 Å². The molecule has 0 atom stereocenters. The Morgan fingerprint density at radius 3 is 2.77 bits per heavy atom. The smallest absolute Gasteiger partial charge is 0.0875 e. The van der Waals surface area contributed by atoms with Gasteiger partial charge in [-0.25, -0.2) is 0 Å². The third-order valence-electron chi connectivity index (χ3n) is 2.01. The minimum atomic E-state index is 0.549. The summed E-state index contributed by atoms with van der Waals surface area (Å²) in [4.78, 5) is 6.31. The third-order valence-corrected chi connectivity index (χ3v) is 2.74. The molecule has 0 unspecified atom stereocenters. The van der Waals surface area contributed by atoms with Crippen LogP contribution >= 0.6 is 23.2 Å². The van der Waals surface area contributed by atoms with Crippen molar-refractivity contribution in [3.8, 4) is 0 Å². The van der Waals surface area contributed by atoms with E-state index in [0.29, 0.717) is 10.0 Å². The second kappa shape index (κ2) is 3.20. The van der Waals surface area contributed by atoms with Crippen LogP contribution in [-0.4, -0.2) is 19.8 Å². The van der Waals surface area contributed by atoms with Crippen LogP contribution in [-0.2, 0) is 0 Å². The highest BCUT2D eigenvalue weighted by molar-refractivity contribution is 6.42. The molecular weight excluding hydrogens is 207 g/mol. The van der Waals surface area contributed by atoms with Gasteiger partial charge < -0.3 is 4.90 Å². The molecule has 0 radical (unpaired) electrons. The van der Waals surface area contributed by atoms with Gasteiger partial charge in [-0.15, -0.1) is 0 Å². The molecule has 0 spiro atoms. The number of nitrogens with zero attached hydrogens (tertiary/aromatic N) is 2. The van der Waals surface area contributed by atoms with E-state index in [0.717, 1.165) is 17.9 Å². The van der Waals surface area contributed by atoms with Gasteiger partial charge in [0.1, 0.15) is 0 Å². The summed E-state index contributed by atoms with van der Waals surface area (Å²) in [6.07, 6.45) is 1.85. The molecule has 1 aromatic carbocycles. The van der Waals surface area contributed by atoms with Gasteiger partial charge in [0.2, 0.25) is 0 Å². The van der Waals surface area contributed by atoms with E-state index in [1.54, 1.807) is 6.07 Å². The average Bonchev–Trinajstić information content (AvgIpc) is 2.09. The summed E-state index contributed by atoms with van der Waals surface area (Å²) in [6.45, 7) is 0.810. The molecule has 0 amide bonds. The van der Waals surface area contributed by atoms with Crippen LogP contribution in [0.25, 0.3) is 0 Å². The number of anilines is 1. The van der Waals surface area contributed by atoms with E-state index in [9.17, 15) is 0 Å². The van der Waals surface area contributed by atoms with E-state index in [1.807, 2.05) is 19.3 Å². The Balaban J connectivity index is 2.60. The lowest BCUT2D eigenvalue weighted by Crippen LogP contribution is -2.21. The van der Waals surface area contributed by atoms with Crippen molar-refractivity contribution in [1.29, 1.82) is 0 Å². The van der Waals surface area contributed by atoms with Crippen LogP contribution in [0.5, 0.6) is 0 Å². The highest BCUT2D eigenvalue weighted by Crippen LogP contribution is 2.37. The summed E-state index contributed by atoms with van der Waals surface area (Å²) < 4.78 is 0. The Labute approximate surface area is 86.8 Å². The molecule has 0 bridgehead atoms. The maximum Gasteiger partial charge on any atom is 0.0875 e. The van der Waals surface area contributed by atoms with Crippen LogP contribution in [0.1, 0.15) is 0 Å². The van der Waals surface area contributed by atoms with Crippen molar-refractivity contribution in [3.05, 3.63) is 22.2 Å². The first-order chi connectivity index (χ1) is 6.18. The fourth-order valence-corrected chi connectivity index (χ4v) is 1.61. The molecular formula is C9H8Cl2N2. The predicted molar refractivity (Wildman–Crippen MR) is 57.9 cm³/mol. The SMILES string of the molecule is CN1CC=Nc2cc(Cl)c(Cl)cc21. The summed E-state index contributed by atoms with van der Waals surface area (Å²) in [5, 5.41) is 1.12. The number of rotatable bonds is 0. The van der Waals surface area contributed by atoms with Gasteiger partial charge >= 0.3 is 0 Å². The van der Waals surface area contributed by atoms with Gasteiger partial charge in [0.15, 0.2) is 0 Å². The lowest BCUT2D eigenvalue weighted by molar-refractivity contribution is 1.05. The van der Waals surface area contributed by atoms with E-state index in [4.69, 9.17) is 23.2 Å². The van der Waals surface area contributed by atoms with E-state index in [-0.39, 0.29) is 0 Å². The Bertz CT molecular complexity index is 374. The highest BCUT2D eigenvalue weighted by Gasteiger charge is 2.12. The molecule has 2 nitrogen and oxygen atoms in total. The summed E-state index contributed by atoms with van der Waals surface area (Å²) in [5.41, 5.74) is 1.90. The monoisotopic (exact) mass is 214 g/mol. The van der Waals surface area contributed by atoms with Crippen molar-refractivity contribution in [2.24, 2.45) is 4.99 Å². The standard InChI is InChI=1S/C9H8Cl2N2/c1-13-3-2-12-8-4-6(10)7(11)5-9(8)13/h2,4-5H,3H2,1H3. The maximum absolute atomic E-state index is 5.90. The molecule has 0 aliphatic carbocycles. The number of aliphatic imine (C=N–C) groups is 1. The molecule has 0 aromatic heterocycles. The molecule has 2 rings (SSSR count). The quantitative estimate of drug-likeness (QED) is 0.649. The molecule has 68 valence electrons. The van der Waals surface area contributed by atoms with Crippen LogP contribution in [0.15, 0.2) is 17.1 Å². The summed E-state index contributed by atoms with van der Waals surface area (Å²) >= 11 is 11.8. The molecule has 0 N–H and O–H groups in total. The highest BCUT2D eigenvalue weighted by atomic mass is 35.5. The molecule has 1 heterocycles. The fourth-order valence-electron chi connectivity index (χ4n) is 1.29. The van der Waals surface area contributed by atoms with Gasteiger partial charge in [0, 0.05) is 13.3 Å². The minimum Gasteiger partial charge on any atom is -0.368 e. The van der Waals surface area contributed by atoms with Gasteiger partial charge in [0.05, 0.1) is 28.0 Å². The second-order valence-electron chi connectivity index (χ2n) is 2.95. The third kappa shape index (κ3) is 1.52. The number of halogens is 2. The molecule has 0 saturated heterocycles. The van der Waals surface area contributed by atoms with Gasteiger partial charge in [-0.1, -0.05) is 23.2 Å². The zero-order valence-electron chi connectivity index (χ0n) is 7.09. The van der Waals surface area contributed by atoms with Crippen molar-refractivity contribution in [3.63, 3.8) is 0 Å². The van der Waals surface area contributed by atoms with Gasteiger partial charge in [0.25, 0.3) is 0 Å². The lowest BCUT2D eigenvalue weighted by atomic mass is 10.2. The van der Waals surface area contributed by atoms with Crippen LogP contribution in [0.3, 0.4) is 0 Å². The normalized spacial score (nSPS) is 14.5. The van der Waals surface area contributed by atoms with Crippen LogP contribution in [0.4, 0.5) is 11.4 Å². The zero-order chi connectivity index (χ0) is 9.42. The van der Waals surface area contributed by atoms with Crippen molar-refractivity contribution < 1.29 is 0 Å². The molecule has 0 saturated carbocycles. The van der Waals surface area contributed by atoms with Gasteiger partial charge in [-0.3, -0.25) is 4.99 Å². The Morgan fingerprint density at radius 1 is 1.31 bits per heavy atom. The molecule has 1 aliphatic heterocycles. The Kier molecular flexibility index (Phi) is 2.18. The largest absolute Gasteiger partial charge is 0.368 e. The maximum atomic E-state index is 5.90. The number of benzene rings is 1. The minimum absolute atomic E-state index is 0.549. The number of hydrogen-bond acceptors (Lipinski definition) is 2. The van der Waals surface area contributed by atoms with Crippen LogP contribution in [0.2, 0.25) is 10.0 Å². The van der Waals surface area contributed by atoms with E-state index in [2.05, 4.69) is 9.89 Å². The fraction of sp³-hybridized carbons (Fsp3) is 0.222. The first-order valence-electron chi connectivity index (χ1n) is 3.91. The van der Waals surface area contributed by atoms with E-state index < -0.39 is 0 Å². The first kappa shape index (κ1) is 8.85. The molecule has 13 heavy (non-hydrogen) atoms. The van der Waals surface area contributed by atoms with Crippen LogP contribution in [0, 0.1) is 0 Å². The average molecular weight is 215 g/mol. The second-order valence-corrected chi connectivity index (χ2v) is 3.76. The summed E-state index contributed by atoms with van der Waals surface area (Å²) in [6, 6.07) is 3.63. The Hall–Kier alpha value is -0.730. The number of hydrogen-bond donors (Lipinski definition) is 0. The predicted octanol–water partition coefficient (Wildman–Crippen LogP) is 3.15. The van der Waals surface area contributed by atoms with Crippen molar-refractivity contribution >= 4 is 40.8 Å². The van der Waals surface area contributed by atoms with Crippen molar-refractivity contribution in [1.82, 2.24) is 0 Å². The molecule has 4 heteroatoms. The summed E-state index contributed by atoms with van der Waals surface area (Å²) in [5.74, 6) is 0. The van der Waals surface area contributed by atoms with Crippen molar-refractivity contribution in [2.75, 3.05) is 18.5 Å². The summed E-state index contributed by atoms with van der Waals surface area (Å²) in [7, 11) is 1.99. The number of fused-ring (bicyclic) bond motifs is 1. The van der Waals surface area contributed by atoms with Gasteiger partial charge in [-0.2, -0.15) is 0 Å². The van der Waals surface area contributed by atoms with Gasteiger partial charge in [-0.05, 0) is 12.1 Å². The molecule has 1 aromatic rings. The molecule has 1 aliphatic rings. The van der Waals surface area contributed by atoms with Crippen molar-refractivity contribution in [2.45, 2.75) is 0 Å². The topological polar surface area (TPSA) is 15.6 Å².